The molecule has 18 heavy (non-hydrogen) atoms. The molecule has 0 fully saturated rings. The lowest BCUT2D eigenvalue weighted by molar-refractivity contribution is 0.252. The van der Waals surface area contributed by atoms with Crippen LogP contribution in [-0.4, -0.2) is 13.2 Å². The summed E-state index contributed by atoms with van der Waals surface area (Å²) in [6.07, 6.45) is 0.974. The predicted molar refractivity (Wildman–Crippen MR) is 77.5 cm³/mol. The van der Waals surface area contributed by atoms with Crippen molar-refractivity contribution in [3.63, 3.8) is 0 Å². The molecule has 0 spiro atoms. The Kier molecular flexibility index (Phi) is 5.05. The van der Waals surface area contributed by atoms with Crippen molar-refractivity contribution in [2.24, 2.45) is 11.7 Å². The Morgan fingerprint density at radius 3 is 2.61 bits per heavy atom. The highest BCUT2D eigenvalue weighted by atomic mass is 35.5. The largest absolute Gasteiger partial charge is 0.493 e. The van der Waals surface area contributed by atoms with E-state index in [9.17, 15) is 0 Å². The summed E-state index contributed by atoms with van der Waals surface area (Å²) in [6, 6.07) is 11.6. The second kappa shape index (κ2) is 6.78. The third kappa shape index (κ3) is 4.02. The van der Waals surface area contributed by atoms with Gasteiger partial charge in [-0.15, -0.1) is 11.3 Å². The molecule has 0 amide bonds. The standard InChI is InChI=1S/C14H16ClNOS/c15-12-3-5-13(6-4-12)17-10-11(9-16)8-14-2-1-7-18-14/h1-7,11H,8-10,16H2. The van der Waals surface area contributed by atoms with Gasteiger partial charge in [-0.2, -0.15) is 0 Å². The van der Waals surface area contributed by atoms with E-state index in [1.165, 1.54) is 4.88 Å². The minimum Gasteiger partial charge on any atom is -0.493 e. The summed E-state index contributed by atoms with van der Waals surface area (Å²) < 4.78 is 5.73. The molecule has 0 radical (unpaired) electrons. The number of ether oxygens (including phenoxy) is 1. The Bertz CT molecular complexity index is 455. The van der Waals surface area contributed by atoms with Gasteiger partial charge < -0.3 is 10.5 Å². The van der Waals surface area contributed by atoms with E-state index in [1.807, 2.05) is 24.3 Å². The van der Waals surface area contributed by atoms with Crippen LogP contribution in [0.5, 0.6) is 5.75 Å². The minimum atomic E-state index is 0.347. The van der Waals surface area contributed by atoms with E-state index in [4.69, 9.17) is 22.1 Å². The monoisotopic (exact) mass is 281 g/mol. The first-order valence-electron chi connectivity index (χ1n) is 5.88. The Morgan fingerprint density at radius 1 is 1.22 bits per heavy atom. The van der Waals surface area contributed by atoms with Gasteiger partial charge in [-0.05, 0) is 48.7 Å². The van der Waals surface area contributed by atoms with E-state index in [0.717, 1.165) is 17.2 Å². The number of hydrogen-bond acceptors (Lipinski definition) is 3. The van der Waals surface area contributed by atoms with Gasteiger partial charge in [0.25, 0.3) is 0 Å². The normalized spacial score (nSPS) is 12.3. The minimum absolute atomic E-state index is 0.347. The van der Waals surface area contributed by atoms with Crippen molar-refractivity contribution in [3.05, 3.63) is 51.7 Å². The van der Waals surface area contributed by atoms with Crippen LogP contribution in [-0.2, 0) is 6.42 Å². The van der Waals surface area contributed by atoms with Crippen molar-refractivity contribution in [1.29, 1.82) is 0 Å². The predicted octanol–water partition coefficient (Wildman–Crippen LogP) is 3.60. The van der Waals surface area contributed by atoms with Gasteiger partial charge in [-0.1, -0.05) is 17.7 Å². The summed E-state index contributed by atoms with van der Waals surface area (Å²) in [4.78, 5) is 1.35. The van der Waals surface area contributed by atoms with Crippen LogP contribution in [0.1, 0.15) is 4.88 Å². The Hall–Kier alpha value is -1.03. The molecule has 0 aliphatic heterocycles. The van der Waals surface area contributed by atoms with Gasteiger partial charge in [0.05, 0.1) is 6.61 Å². The summed E-state index contributed by atoms with van der Waals surface area (Å²) in [5, 5.41) is 2.81. The molecule has 2 aromatic rings. The molecule has 0 bridgehead atoms. The van der Waals surface area contributed by atoms with Crippen molar-refractivity contribution in [3.8, 4) is 5.75 Å². The van der Waals surface area contributed by atoms with Gasteiger partial charge >= 0.3 is 0 Å². The van der Waals surface area contributed by atoms with E-state index < -0.39 is 0 Å². The molecule has 0 saturated heterocycles. The molecular formula is C14H16ClNOS. The SMILES string of the molecule is NCC(COc1ccc(Cl)cc1)Cc1cccs1. The lowest BCUT2D eigenvalue weighted by Gasteiger charge is -2.15. The van der Waals surface area contributed by atoms with Gasteiger partial charge in [-0.25, -0.2) is 0 Å². The van der Waals surface area contributed by atoms with E-state index in [0.29, 0.717) is 19.1 Å². The molecule has 96 valence electrons. The van der Waals surface area contributed by atoms with E-state index in [2.05, 4.69) is 17.5 Å². The van der Waals surface area contributed by atoms with Crippen LogP contribution in [0, 0.1) is 5.92 Å². The molecule has 1 atom stereocenters. The number of nitrogens with two attached hydrogens (primary N) is 1. The second-order valence-corrected chi connectivity index (χ2v) is 5.62. The molecule has 2 N–H and O–H groups in total. The second-order valence-electron chi connectivity index (χ2n) is 4.15. The van der Waals surface area contributed by atoms with Crippen LogP contribution in [0.15, 0.2) is 41.8 Å². The van der Waals surface area contributed by atoms with Crippen molar-refractivity contribution in [2.75, 3.05) is 13.2 Å². The van der Waals surface area contributed by atoms with Gasteiger partial charge in [-0.3, -0.25) is 0 Å². The number of halogens is 1. The number of thiophene rings is 1. The summed E-state index contributed by atoms with van der Waals surface area (Å²) in [7, 11) is 0. The average molecular weight is 282 g/mol. The Balaban J connectivity index is 1.85. The summed E-state index contributed by atoms with van der Waals surface area (Å²) >= 11 is 7.58. The first kappa shape index (κ1) is 13.4. The van der Waals surface area contributed by atoms with Gasteiger partial charge in [0.2, 0.25) is 0 Å². The van der Waals surface area contributed by atoms with Crippen molar-refractivity contribution in [1.82, 2.24) is 0 Å². The zero-order valence-electron chi connectivity index (χ0n) is 10.0. The molecule has 1 aromatic heterocycles. The molecule has 0 saturated carbocycles. The van der Waals surface area contributed by atoms with Crippen LogP contribution in [0.4, 0.5) is 0 Å². The fourth-order valence-electron chi connectivity index (χ4n) is 1.67. The summed E-state index contributed by atoms with van der Waals surface area (Å²) in [5.41, 5.74) is 5.78. The van der Waals surface area contributed by atoms with Crippen molar-refractivity contribution < 1.29 is 4.74 Å². The third-order valence-corrected chi connectivity index (χ3v) is 3.85. The molecule has 4 heteroatoms. The Morgan fingerprint density at radius 2 is 2.00 bits per heavy atom. The zero-order valence-corrected chi connectivity index (χ0v) is 11.6. The van der Waals surface area contributed by atoms with Gasteiger partial charge in [0.15, 0.2) is 0 Å². The van der Waals surface area contributed by atoms with Crippen LogP contribution >= 0.6 is 22.9 Å². The molecule has 1 aromatic carbocycles. The van der Waals surface area contributed by atoms with E-state index in [1.54, 1.807) is 11.3 Å². The zero-order chi connectivity index (χ0) is 12.8. The molecule has 2 nitrogen and oxygen atoms in total. The smallest absolute Gasteiger partial charge is 0.119 e. The third-order valence-electron chi connectivity index (χ3n) is 2.70. The van der Waals surface area contributed by atoms with E-state index in [-0.39, 0.29) is 0 Å². The maximum absolute atomic E-state index is 5.82. The molecule has 2 rings (SSSR count). The first-order chi connectivity index (χ1) is 8.78. The topological polar surface area (TPSA) is 35.2 Å². The van der Waals surface area contributed by atoms with Gasteiger partial charge in [0.1, 0.15) is 5.75 Å². The van der Waals surface area contributed by atoms with Crippen molar-refractivity contribution >= 4 is 22.9 Å². The highest BCUT2D eigenvalue weighted by molar-refractivity contribution is 7.09. The van der Waals surface area contributed by atoms with Gasteiger partial charge in [0, 0.05) is 15.8 Å². The molecule has 1 unspecified atom stereocenters. The lowest BCUT2D eigenvalue weighted by Crippen LogP contribution is -2.23. The van der Waals surface area contributed by atoms with Crippen LogP contribution in [0.3, 0.4) is 0 Å². The highest BCUT2D eigenvalue weighted by Gasteiger charge is 2.09. The van der Waals surface area contributed by atoms with Crippen LogP contribution < -0.4 is 10.5 Å². The fourth-order valence-corrected chi connectivity index (χ4v) is 2.62. The number of hydrogen-bond donors (Lipinski definition) is 1. The average Bonchev–Trinajstić information content (AvgIpc) is 2.89. The first-order valence-corrected chi connectivity index (χ1v) is 7.14. The fraction of sp³-hybridized carbons (Fsp3) is 0.286. The molecule has 1 heterocycles. The number of benzene rings is 1. The van der Waals surface area contributed by atoms with Crippen LogP contribution in [0.2, 0.25) is 5.02 Å². The molecular weight excluding hydrogens is 266 g/mol. The quantitative estimate of drug-likeness (QED) is 0.878. The van der Waals surface area contributed by atoms with Crippen LogP contribution in [0.25, 0.3) is 0 Å². The Labute approximate surface area is 116 Å². The lowest BCUT2D eigenvalue weighted by atomic mass is 10.1. The number of rotatable bonds is 6. The molecule has 0 aliphatic rings. The van der Waals surface area contributed by atoms with Crippen molar-refractivity contribution in [2.45, 2.75) is 6.42 Å². The summed E-state index contributed by atoms with van der Waals surface area (Å²) in [5.74, 6) is 1.18. The van der Waals surface area contributed by atoms with E-state index >= 15 is 0 Å². The highest BCUT2D eigenvalue weighted by Crippen LogP contribution is 2.18. The molecule has 0 aliphatic carbocycles. The summed E-state index contributed by atoms with van der Waals surface area (Å²) in [6.45, 7) is 1.27. The maximum atomic E-state index is 5.82. The maximum Gasteiger partial charge on any atom is 0.119 e.